The first-order valence-corrected chi connectivity index (χ1v) is 10.5. The molecule has 0 bridgehead atoms. The SMILES string of the molecule is COc1ccc(CC(=O)O)cc1Oc1ccc(Cl)cc1CSCc1ccccc1. The number of carboxylic acid groups (broad SMARTS) is 1. The van der Waals surface area contributed by atoms with Crippen molar-refractivity contribution in [3.63, 3.8) is 0 Å². The molecule has 0 spiro atoms. The van der Waals surface area contributed by atoms with Gasteiger partial charge in [-0.3, -0.25) is 4.79 Å². The van der Waals surface area contributed by atoms with Crippen LogP contribution in [0.1, 0.15) is 16.7 Å². The third-order valence-corrected chi connectivity index (χ3v) is 5.48. The summed E-state index contributed by atoms with van der Waals surface area (Å²) >= 11 is 7.97. The predicted molar refractivity (Wildman–Crippen MR) is 117 cm³/mol. The molecule has 4 nitrogen and oxygen atoms in total. The van der Waals surface area contributed by atoms with E-state index in [2.05, 4.69) is 12.1 Å². The second-order valence-electron chi connectivity index (χ2n) is 6.39. The number of hydrogen-bond donors (Lipinski definition) is 1. The molecule has 0 unspecified atom stereocenters. The van der Waals surface area contributed by atoms with Crippen LogP contribution in [-0.2, 0) is 22.7 Å². The Morgan fingerprint density at radius 1 is 0.931 bits per heavy atom. The number of aliphatic carboxylic acids is 1. The number of hydrogen-bond acceptors (Lipinski definition) is 4. The topological polar surface area (TPSA) is 55.8 Å². The molecule has 0 amide bonds. The molecule has 0 saturated carbocycles. The molecule has 1 N–H and O–H groups in total. The van der Waals surface area contributed by atoms with Gasteiger partial charge in [0.1, 0.15) is 5.75 Å². The van der Waals surface area contributed by atoms with E-state index in [1.54, 1.807) is 43.1 Å². The van der Waals surface area contributed by atoms with Crippen molar-refractivity contribution >= 4 is 29.3 Å². The summed E-state index contributed by atoms with van der Waals surface area (Å²) in [6.45, 7) is 0. The third-order valence-electron chi connectivity index (χ3n) is 4.19. The minimum Gasteiger partial charge on any atom is -0.493 e. The number of halogens is 1. The number of thioether (sulfide) groups is 1. The highest BCUT2D eigenvalue weighted by atomic mass is 35.5. The molecule has 0 aliphatic heterocycles. The van der Waals surface area contributed by atoms with Gasteiger partial charge in [-0.15, -0.1) is 0 Å². The zero-order valence-electron chi connectivity index (χ0n) is 15.9. The first-order chi connectivity index (χ1) is 14.0. The minimum atomic E-state index is -0.898. The van der Waals surface area contributed by atoms with Gasteiger partial charge in [-0.1, -0.05) is 48.0 Å². The van der Waals surface area contributed by atoms with Crippen LogP contribution in [0.15, 0.2) is 66.7 Å². The van der Waals surface area contributed by atoms with Crippen LogP contribution in [0.3, 0.4) is 0 Å². The summed E-state index contributed by atoms with van der Waals surface area (Å²) in [6, 6.07) is 20.9. The molecule has 3 aromatic carbocycles. The summed E-state index contributed by atoms with van der Waals surface area (Å²) in [5.74, 6) is 2.39. The summed E-state index contributed by atoms with van der Waals surface area (Å²) in [7, 11) is 1.55. The van der Waals surface area contributed by atoms with Crippen molar-refractivity contribution in [3.8, 4) is 17.2 Å². The Morgan fingerprint density at radius 3 is 2.41 bits per heavy atom. The van der Waals surface area contributed by atoms with Gasteiger partial charge in [0.15, 0.2) is 11.5 Å². The highest BCUT2D eigenvalue weighted by Gasteiger charge is 2.12. The maximum atomic E-state index is 11.0. The lowest BCUT2D eigenvalue weighted by atomic mass is 10.1. The molecule has 0 fully saturated rings. The van der Waals surface area contributed by atoms with E-state index in [0.29, 0.717) is 27.8 Å². The van der Waals surface area contributed by atoms with Gasteiger partial charge in [0, 0.05) is 22.1 Å². The van der Waals surface area contributed by atoms with E-state index in [1.807, 2.05) is 30.3 Å². The van der Waals surface area contributed by atoms with Crippen LogP contribution >= 0.6 is 23.4 Å². The van der Waals surface area contributed by atoms with Crippen molar-refractivity contribution < 1.29 is 19.4 Å². The quantitative estimate of drug-likeness (QED) is 0.439. The maximum absolute atomic E-state index is 11.0. The minimum absolute atomic E-state index is 0.0826. The highest BCUT2D eigenvalue weighted by Crippen LogP contribution is 2.36. The molecule has 0 aliphatic rings. The Balaban J connectivity index is 1.79. The van der Waals surface area contributed by atoms with E-state index >= 15 is 0 Å². The number of benzene rings is 3. The van der Waals surface area contributed by atoms with Gasteiger partial charge in [-0.2, -0.15) is 11.8 Å². The van der Waals surface area contributed by atoms with Gasteiger partial charge in [0.2, 0.25) is 0 Å². The molecule has 6 heteroatoms. The highest BCUT2D eigenvalue weighted by molar-refractivity contribution is 7.97. The van der Waals surface area contributed by atoms with Crippen molar-refractivity contribution in [1.29, 1.82) is 0 Å². The predicted octanol–water partition coefficient (Wildman–Crippen LogP) is 6.20. The molecule has 3 aromatic rings. The van der Waals surface area contributed by atoms with Gasteiger partial charge in [-0.05, 0) is 41.5 Å². The molecule has 150 valence electrons. The van der Waals surface area contributed by atoms with Crippen LogP contribution in [0.4, 0.5) is 0 Å². The normalized spacial score (nSPS) is 10.6. The molecular formula is C23H21ClO4S. The molecule has 0 atom stereocenters. The van der Waals surface area contributed by atoms with Crippen molar-refractivity contribution in [2.75, 3.05) is 7.11 Å². The van der Waals surface area contributed by atoms with E-state index in [0.717, 1.165) is 17.1 Å². The van der Waals surface area contributed by atoms with Gasteiger partial charge >= 0.3 is 5.97 Å². The zero-order valence-corrected chi connectivity index (χ0v) is 17.5. The summed E-state index contributed by atoms with van der Waals surface area (Å²) in [5.41, 5.74) is 2.86. The average Bonchev–Trinajstić information content (AvgIpc) is 2.70. The number of carbonyl (C=O) groups is 1. The summed E-state index contributed by atoms with van der Waals surface area (Å²) < 4.78 is 11.5. The third kappa shape index (κ3) is 6.17. The zero-order chi connectivity index (χ0) is 20.6. The number of ether oxygens (including phenoxy) is 2. The molecule has 0 aliphatic carbocycles. The Labute approximate surface area is 179 Å². The largest absolute Gasteiger partial charge is 0.493 e. The fourth-order valence-electron chi connectivity index (χ4n) is 2.82. The lowest BCUT2D eigenvalue weighted by Gasteiger charge is -2.15. The molecule has 0 radical (unpaired) electrons. The molecule has 3 rings (SSSR count). The number of carboxylic acids is 1. The lowest BCUT2D eigenvalue weighted by molar-refractivity contribution is -0.136. The average molecular weight is 429 g/mol. The summed E-state index contributed by atoms with van der Waals surface area (Å²) in [4.78, 5) is 11.0. The van der Waals surface area contributed by atoms with Crippen molar-refractivity contribution in [3.05, 3.63) is 88.4 Å². The van der Waals surface area contributed by atoms with Crippen LogP contribution < -0.4 is 9.47 Å². The first-order valence-electron chi connectivity index (χ1n) is 9.02. The van der Waals surface area contributed by atoms with Crippen LogP contribution in [0.5, 0.6) is 17.2 Å². The fourth-order valence-corrected chi connectivity index (χ4v) is 3.99. The molecular weight excluding hydrogens is 408 g/mol. The van der Waals surface area contributed by atoms with E-state index in [1.165, 1.54) is 5.56 Å². The van der Waals surface area contributed by atoms with E-state index < -0.39 is 5.97 Å². The molecule has 29 heavy (non-hydrogen) atoms. The Morgan fingerprint density at radius 2 is 1.69 bits per heavy atom. The monoisotopic (exact) mass is 428 g/mol. The van der Waals surface area contributed by atoms with Crippen LogP contribution in [-0.4, -0.2) is 18.2 Å². The smallest absolute Gasteiger partial charge is 0.307 e. The van der Waals surface area contributed by atoms with Crippen molar-refractivity contribution in [2.24, 2.45) is 0 Å². The van der Waals surface area contributed by atoms with Gasteiger partial charge in [-0.25, -0.2) is 0 Å². The maximum Gasteiger partial charge on any atom is 0.307 e. The van der Waals surface area contributed by atoms with Crippen LogP contribution in [0, 0.1) is 0 Å². The second kappa shape index (κ2) is 10.2. The van der Waals surface area contributed by atoms with Gasteiger partial charge in [0.05, 0.1) is 13.5 Å². The second-order valence-corrected chi connectivity index (χ2v) is 7.81. The number of methoxy groups -OCH3 is 1. The molecule has 0 aromatic heterocycles. The standard InChI is InChI=1S/C23H21ClO4S/c1-27-21-9-7-17(12-23(25)26)11-22(21)28-20-10-8-19(24)13-18(20)15-29-14-16-5-3-2-4-6-16/h2-11,13H,12,14-15H2,1H3,(H,25,26). The molecule has 0 saturated heterocycles. The Kier molecular flexibility index (Phi) is 7.44. The van der Waals surface area contributed by atoms with Crippen molar-refractivity contribution in [1.82, 2.24) is 0 Å². The lowest BCUT2D eigenvalue weighted by Crippen LogP contribution is -2.01. The Bertz CT molecular complexity index is 976. The van der Waals surface area contributed by atoms with Gasteiger partial charge < -0.3 is 14.6 Å². The first kappa shape index (κ1) is 21.1. The van der Waals surface area contributed by atoms with E-state index in [9.17, 15) is 4.79 Å². The van der Waals surface area contributed by atoms with E-state index in [-0.39, 0.29) is 6.42 Å². The fraction of sp³-hybridized carbons (Fsp3) is 0.174. The van der Waals surface area contributed by atoms with Gasteiger partial charge in [0.25, 0.3) is 0 Å². The van der Waals surface area contributed by atoms with Crippen molar-refractivity contribution in [2.45, 2.75) is 17.9 Å². The van der Waals surface area contributed by atoms with Crippen LogP contribution in [0.2, 0.25) is 5.02 Å². The molecule has 0 heterocycles. The van der Waals surface area contributed by atoms with Crippen LogP contribution in [0.25, 0.3) is 0 Å². The number of rotatable bonds is 9. The summed E-state index contributed by atoms with van der Waals surface area (Å²) in [6.07, 6.45) is -0.0826. The Hall–Kier alpha value is -2.63. The van der Waals surface area contributed by atoms with E-state index in [4.69, 9.17) is 26.2 Å². The summed E-state index contributed by atoms with van der Waals surface area (Å²) in [5, 5.41) is 9.69.